The van der Waals surface area contributed by atoms with Gasteiger partial charge in [0.1, 0.15) is 0 Å². The van der Waals surface area contributed by atoms with Crippen LogP contribution in [-0.4, -0.2) is 21.0 Å². The minimum atomic E-state index is -1.46. The van der Waals surface area contributed by atoms with Gasteiger partial charge in [-0.2, -0.15) is 0 Å². The van der Waals surface area contributed by atoms with Gasteiger partial charge in [-0.15, -0.1) is 0 Å². The molecule has 0 aromatic heterocycles. The molecule has 0 atom stereocenters. The van der Waals surface area contributed by atoms with E-state index in [1.54, 1.807) is 5.32 Å². The molecule has 0 spiro atoms. The Balaban J connectivity index is 3.23. The van der Waals surface area contributed by atoms with Crippen molar-refractivity contribution >= 4 is 23.2 Å². The molecule has 1 amide bonds. The van der Waals surface area contributed by atoms with E-state index >= 15 is 0 Å². The Kier molecular flexibility index (Phi) is 2.99. The van der Waals surface area contributed by atoms with Gasteiger partial charge in [-0.05, 0) is 0 Å². The highest BCUT2D eigenvalue weighted by Gasteiger charge is 2.17. The fraction of sp³-hybridized carbons (Fsp3) is 0. The van der Waals surface area contributed by atoms with Gasteiger partial charge in [-0.1, -0.05) is 0 Å². The molecule has 16 heavy (non-hydrogen) atoms. The molecule has 1 rings (SSSR count). The number of nitro groups is 2. The zero-order chi connectivity index (χ0) is 12.3. The molecule has 0 saturated carbocycles. The van der Waals surface area contributed by atoms with Crippen LogP contribution in [-0.2, 0) is 0 Å². The van der Waals surface area contributed by atoms with Crippen molar-refractivity contribution in [2.45, 2.75) is 0 Å². The van der Waals surface area contributed by atoms with Crippen molar-refractivity contribution < 1.29 is 19.7 Å². The summed E-state index contributed by atoms with van der Waals surface area (Å²) in [7, 11) is 0. The van der Waals surface area contributed by atoms with E-state index in [1.807, 2.05) is 0 Å². The third kappa shape index (κ3) is 2.64. The monoisotopic (exact) mass is 227 g/mol. The van der Waals surface area contributed by atoms with Crippen LogP contribution >= 0.6 is 0 Å². The molecule has 0 aliphatic rings. The van der Waals surface area contributed by atoms with Gasteiger partial charge >= 0.3 is 6.09 Å². The Morgan fingerprint density at radius 2 is 1.56 bits per heavy atom. The first-order valence-corrected chi connectivity index (χ1v) is 3.84. The SMILES string of the molecule is O=C(O)Nc1cc([N+](=O)[O-])cc([N+](=O)[O-])c1. The van der Waals surface area contributed by atoms with Gasteiger partial charge in [-0.25, -0.2) is 4.79 Å². The van der Waals surface area contributed by atoms with Gasteiger partial charge in [0, 0.05) is 12.1 Å². The van der Waals surface area contributed by atoms with Gasteiger partial charge in [-0.3, -0.25) is 25.5 Å². The molecule has 9 nitrogen and oxygen atoms in total. The van der Waals surface area contributed by atoms with Crippen LogP contribution in [0.1, 0.15) is 0 Å². The minimum absolute atomic E-state index is 0.228. The maximum Gasteiger partial charge on any atom is 0.409 e. The maximum atomic E-state index is 10.4. The predicted octanol–water partition coefficient (Wildman–Crippen LogP) is 1.59. The van der Waals surface area contributed by atoms with Crippen LogP contribution < -0.4 is 5.32 Å². The lowest BCUT2D eigenvalue weighted by Gasteiger charge is -2.00. The summed E-state index contributed by atoms with van der Waals surface area (Å²) in [6.45, 7) is 0. The van der Waals surface area contributed by atoms with Crippen molar-refractivity contribution in [3.63, 3.8) is 0 Å². The minimum Gasteiger partial charge on any atom is -0.465 e. The van der Waals surface area contributed by atoms with Gasteiger partial charge in [0.2, 0.25) is 0 Å². The van der Waals surface area contributed by atoms with Crippen molar-refractivity contribution in [1.82, 2.24) is 0 Å². The second-order valence-corrected chi connectivity index (χ2v) is 2.68. The largest absolute Gasteiger partial charge is 0.465 e. The van der Waals surface area contributed by atoms with E-state index < -0.39 is 27.3 Å². The van der Waals surface area contributed by atoms with Crippen LogP contribution in [0.5, 0.6) is 0 Å². The van der Waals surface area contributed by atoms with Gasteiger partial charge in [0.25, 0.3) is 11.4 Å². The molecule has 0 heterocycles. The molecule has 0 saturated heterocycles. The number of hydrogen-bond donors (Lipinski definition) is 2. The van der Waals surface area contributed by atoms with E-state index in [2.05, 4.69) is 0 Å². The number of benzene rings is 1. The summed E-state index contributed by atoms with van der Waals surface area (Å²) >= 11 is 0. The lowest BCUT2D eigenvalue weighted by atomic mass is 10.2. The number of hydrogen-bond acceptors (Lipinski definition) is 5. The fourth-order valence-corrected chi connectivity index (χ4v) is 1.00. The molecule has 84 valence electrons. The molecule has 1 aromatic rings. The van der Waals surface area contributed by atoms with Crippen LogP contribution in [0.4, 0.5) is 21.9 Å². The average molecular weight is 227 g/mol. The number of anilines is 1. The highest BCUT2D eigenvalue weighted by Crippen LogP contribution is 2.25. The average Bonchev–Trinajstić information content (AvgIpc) is 2.15. The normalized spacial score (nSPS) is 9.50. The first-order valence-electron chi connectivity index (χ1n) is 3.84. The number of nitrogens with one attached hydrogen (secondary N) is 1. The third-order valence-electron chi connectivity index (χ3n) is 1.58. The highest BCUT2D eigenvalue weighted by atomic mass is 16.6. The summed E-state index contributed by atoms with van der Waals surface area (Å²) < 4.78 is 0. The molecule has 0 unspecified atom stereocenters. The van der Waals surface area contributed by atoms with E-state index in [9.17, 15) is 25.0 Å². The summed E-state index contributed by atoms with van der Waals surface area (Å²) in [6.07, 6.45) is -1.46. The van der Waals surface area contributed by atoms with Gasteiger partial charge < -0.3 is 5.11 Å². The number of nitrogens with zero attached hydrogens (tertiary/aromatic N) is 2. The Labute approximate surface area is 87.6 Å². The number of carboxylic acid groups (broad SMARTS) is 1. The van der Waals surface area contributed by atoms with E-state index in [0.29, 0.717) is 0 Å². The lowest BCUT2D eigenvalue weighted by molar-refractivity contribution is -0.394. The quantitative estimate of drug-likeness (QED) is 0.594. The van der Waals surface area contributed by atoms with Crippen molar-refractivity contribution in [3.05, 3.63) is 38.4 Å². The molecule has 9 heteroatoms. The molecule has 0 bridgehead atoms. The van der Waals surface area contributed by atoms with Crippen LogP contribution in [0.25, 0.3) is 0 Å². The Hall–Kier alpha value is -2.71. The smallest absolute Gasteiger partial charge is 0.409 e. The molecule has 0 aliphatic heterocycles. The summed E-state index contributed by atoms with van der Waals surface area (Å²) in [5.41, 5.74) is -1.34. The van der Waals surface area contributed by atoms with Crippen LogP contribution in [0, 0.1) is 20.2 Å². The first kappa shape index (κ1) is 11.4. The molecule has 1 aromatic carbocycles. The molecule has 0 radical (unpaired) electrons. The maximum absolute atomic E-state index is 10.4. The second-order valence-electron chi connectivity index (χ2n) is 2.68. The number of non-ortho nitro benzene ring substituents is 2. The summed E-state index contributed by atoms with van der Waals surface area (Å²) in [4.78, 5) is 29.4. The number of nitro benzene ring substituents is 2. The zero-order valence-corrected chi connectivity index (χ0v) is 7.61. The number of amides is 1. The highest BCUT2D eigenvalue weighted by molar-refractivity contribution is 5.84. The summed E-state index contributed by atoms with van der Waals surface area (Å²) in [6, 6.07) is 2.52. The summed E-state index contributed by atoms with van der Waals surface area (Å²) in [5.74, 6) is 0. The Morgan fingerprint density at radius 1 is 1.12 bits per heavy atom. The molecule has 0 fully saturated rings. The van der Waals surface area contributed by atoms with Crippen molar-refractivity contribution in [2.24, 2.45) is 0 Å². The molecule has 2 N–H and O–H groups in total. The zero-order valence-electron chi connectivity index (χ0n) is 7.61. The van der Waals surface area contributed by atoms with Crippen molar-refractivity contribution in [2.75, 3.05) is 5.32 Å². The molecular weight excluding hydrogens is 222 g/mol. The number of carbonyl (C=O) groups is 1. The van der Waals surface area contributed by atoms with Crippen LogP contribution in [0.3, 0.4) is 0 Å². The Bertz CT molecular complexity index is 439. The van der Waals surface area contributed by atoms with E-state index in [1.165, 1.54) is 0 Å². The molecular formula is C7H5N3O6. The topological polar surface area (TPSA) is 136 Å². The van der Waals surface area contributed by atoms with E-state index in [4.69, 9.17) is 5.11 Å². The first-order chi connectivity index (χ1) is 7.40. The second kappa shape index (κ2) is 4.21. The van der Waals surface area contributed by atoms with E-state index in [0.717, 1.165) is 18.2 Å². The van der Waals surface area contributed by atoms with Crippen LogP contribution in [0.2, 0.25) is 0 Å². The molecule has 0 aliphatic carbocycles. The standard InChI is InChI=1S/C7H5N3O6/c11-7(12)8-4-1-5(9(13)14)3-6(2-4)10(15)16/h1-3,8H,(H,11,12). The lowest BCUT2D eigenvalue weighted by Crippen LogP contribution is -2.07. The van der Waals surface area contributed by atoms with Gasteiger partial charge in [0.05, 0.1) is 21.6 Å². The van der Waals surface area contributed by atoms with Crippen molar-refractivity contribution in [1.29, 1.82) is 0 Å². The summed E-state index contributed by atoms with van der Waals surface area (Å²) in [5, 5.41) is 31.0. The Morgan fingerprint density at radius 3 is 1.88 bits per heavy atom. The predicted molar refractivity (Wildman–Crippen MR) is 51.4 cm³/mol. The van der Waals surface area contributed by atoms with Gasteiger partial charge in [0.15, 0.2) is 0 Å². The van der Waals surface area contributed by atoms with E-state index in [-0.39, 0.29) is 5.69 Å². The van der Waals surface area contributed by atoms with Crippen LogP contribution in [0.15, 0.2) is 18.2 Å². The fourth-order valence-electron chi connectivity index (χ4n) is 1.00. The third-order valence-corrected chi connectivity index (χ3v) is 1.58. The van der Waals surface area contributed by atoms with Crippen molar-refractivity contribution in [3.8, 4) is 0 Å². The number of rotatable bonds is 3.